The maximum absolute atomic E-state index is 9.37. The van der Waals surface area contributed by atoms with Crippen LogP contribution in [0.4, 0.5) is 5.69 Å². The summed E-state index contributed by atoms with van der Waals surface area (Å²) in [4.78, 5) is 7.65. The average Bonchev–Trinajstić information content (AvgIpc) is 3.81. The molecule has 6 heteroatoms. The van der Waals surface area contributed by atoms with Crippen LogP contribution in [-0.2, 0) is 6.54 Å². The van der Waals surface area contributed by atoms with E-state index in [4.69, 9.17) is 13.8 Å². The number of furan rings is 1. The molecule has 0 saturated carbocycles. The summed E-state index contributed by atoms with van der Waals surface area (Å²) in [6, 6.07) is 35.4. The minimum absolute atomic E-state index is 0.501. The van der Waals surface area contributed by atoms with Crippen molar-refractivity contribution in [2.75, 3.05) is 18.0 Å². The topological polar surface area (TPSA) is 71.1 Å². The monoisotopic (exact) mass is 616 g/mol. The molecule has 0 unspecified atom stereocenters. The van der Waals surface area contributed by atoms with Crippen molar-refractivity contribution in [2.24, 2.45) is 0 Å². The van der Waals surface area contributed by atoms with Crippen LogP contribution >= 0.6 is 0 Å². The molecule has 5 aromatic carbocycles. The molecule has 232 valence electrons. The first-order valence-electron chi connectivity index (χ1n) is 16.7. The fourth-order valence-corrected chi connectivity index (χ4v) is 6.94. The molecule has 0 spiro atoms. The highest BCUT2D eigenvalue weighted by molar-refractivity contribution is 6.34. The Morgan fingerprint density at radius 1 is 0.766 bits per heavy atom. The van der Waals surface area contributed by atoms with Gasteiger partial charge in [0.15, 0.2) is 5.58 Å². The Bertz CT molecular complexity index is 2420. The van der Waals surface area contributed by atoms with E-state index in [1.165, 1.54) is 11.3 Å². The van der Waals surface area contributed by atoms with Crippen LogP contribution in [0.1, 0.15) is 50.7 Å². The molecule has 0 aliphatic carbocycles. The molecule has 3 heterocycles. The van der Waals surface area contributed by atoms with Gasteiger partial charge in [0.1, 0.15) is 11.1 Å². The van der Waals surface area contributed by atoms with E-state index in [2.05, 4.69) is 102 Å². The van der Waals surface area contributed by atoms with Crippen molar-refractivity contribution >= 4 is 60.5 Å². The molecule has 0 aliphatic heterocycles. The summed E-state index contributed by atoms with van der Waals surface area (Å²) >= 11 is 0. The molecule has 0 amide bonds. The van der Waals surface area contributed by atoms with E-state index in [0.717, 1.165) is 88.0 Å². The molecule has 0 fully saturated rings. The van der Waals surface area contributed by atoms with Gasteiger partial charge in [0, 0.05) is 64.0 Å². The lowest BCUT2D eigenvalue weighted by Gasteiger charge is -2.24. The summed E-state index contributed by atoms with van der Waals surface area (Å²) in [5.74, 6) is 0.501. The highest BCUT2D eigenvalue weighted by Crippen LogP contribution is 2.46. The minimum Gasteiger partial charge on any atom is -0.452 e. The molecule has 0 atom stereocenters. The largest absolute Gasteiger partial charge is 0.452 e. The average molecular weight is 617 g/mol. The molecule has 0 bridgehead atoms. The number of unbranched alkanes of at least 4 members (excludes halogenated alkanes) is 2. The van der Waals surface area contributed by atoms with Gasteiger partial charge in [0.2, 0.25) is 11.5 Å². The van der Waals surface area contributed by atoms with Gasteiger partial charge in [-0.1, -0.05) is 75.2 Å². The van der Waals surface area contributed by atoms with Gasteiger partial charge in [0.25, 0.3) is 0 Å². The highest BCUT2D eigenvalue weighted by atomic mass is 16.4. The molecule has 0 aliphatic rings. The quantitative estimate of drug-likeness (QED) is 0.153. The van der Waals surface area contributed by atoms with E-state index in [9.17, 15) is 5.26 Å². The van der Waals surface area contributed by atoms with E-state index in [0.29, 0.717) is 29.2 Å². The van der Waals surface area contributed by atoms with Crippen molar-refractivity contribution in [3.8, 4) is 17.5 Å². The Labute approximate surface area is 273 Å². The molecule has 47 heavy (non-hydrogen) atoms. The predicted octanol–water partition coefficient (Wildman–Crippen LogP) is 10.8. The van der Waals surface area contributed by atoms with Crippen LogP contribution in [0, 0.1) is 11.3 Å². The molecule has 8 aromatic rings. The number of nitriles is 1. The van der Waals surface area contributed by atoms with Crippen LogP contribution in [0.3, 0.4) is 0 Å². The summed E-state index contributed by atoms with van der Waals surface area (Å²) < 4.78 is 15.8. The maximum Gasteiger partial charge on any atom is 0.227 e. The zero-order valence-electron chi connectivity index (χ0n) is 26.8. The lowest BCUT2D eigenvalue weighted by Crippen LogP contribution is -2.25. The Hall–Kier alpha value is -5.54. The van der Waals surface area contributed by atoms with Crippen molar-refractivity contribution in [1.82, 2.24) is 9.55 Å². The Morgan fingerprint density at radius 3 is 2.26 bits per heavy atom. The molecule has 6 nitrogen and oxygen atoms in total. The predicted molar refractivity (Wildman–Crippen MR) is 192 cm³/mol. The third kappa shape index (κ3) is 4.90. The second kappa shape index (κ2) is 12.0. The third-order valence-electron chi connectivity index (χ3n) is 9.32. The number of hydrogen-bond acceptors (Lipinski definition) is 5. The van der Waals surface area contributed by atoms with Crippen LogP contribution in [0.15, 0.2) is 106 Å². The van der Waals surface area contributed by atoms with Gasteiger partial charge in [-0.25, -0.2) is 4.98 Å². The lowest BCUT2D eigenvalue weighted by molar-refractivity contribution is 0.603. The Morgan fingerprint density at radius 2 is 1.51 bits per heavy atom. The third-order valence-corrected chi connectivity index (χ3v) is 9.32. The fourth-order valence-electron chi connectivity index (χ4n) is 6.94. The van der Waals surface area contributed by atoms with E-state index in [1.54, 1.807) is 12.1 Å². The number of oxazole rings is 1. The van der Waals surface area contributed by atoms with Gasteiger partial charge in [-0.2, -0.15) is 5.26 Å². The second-order valence-corrected chi connectivity index (χ2v) is 12.4. The summed E-state index contributed by atoms with van der Waals surface area (Å²) in [5.41, 5.74) is 8.93. The second-order valence-electron chi connectivity index (χ2n) is 12.4. The summed E-state index contributed by atoms with van der Waals surface area (Å²) in [6.45, 7) is 7.23. The molecular weight excluding hydrogens is 580 g/mol. The van der Waals surface area contributed by atoms with Gasteiger partial charge in [-0.3, -0.25) is 0 Å². The van der Waals surface area contributed by atoms with Crippen LogP contribution in [0.2, 0.25) is 0 Å². The van der Waals surface area contributed by atoms with Crippen LogP contribution < -0.4 is 4.90 Å². The van der Waals surface area contributed by atoms with Gasteiger partial charge in [-0.15, -0.1) is 0 Å². The first-order chi connectivity index (χ1) is 23.2. The number of aromatic nitrogens is 2. The molecular formula is C41H36N4O2. The smallest absolute Gasteiger partial charge is 0.227 e. The SMILES string of the molecule is CCCCN(CCCC)c1ccc2c(c1)oc1c3oc(-c4ccc(C#N)cc4)nc3c3c(c4ccccc4n3Cc3ccccc3)c21. The highest BCUT2D eigenvalue weighted by Gasteiger charge is 2.26. The summed E-state index contributed by atoms with van der Waals surface area (Å²) in [6.07, 6.45) is 4.62. The maximum atomic E-state index is 9.37. The molecule has 3 aromatic heterocycles. The minimum atomic E-state index is 0.501. The fraction of sp³-hybridized carbons (Fsp3) is 0.220. The van der Waals surface area contributed by atoms with Crippen LogP contribution in [0.5, 0.6) is 0 Å². The summed E-state index contributed by atoms with van der Waals surface area (Å²) in [7, 11) is 0. The number of benzene rings is 5. The van der Waals surface area contributed by atoms with E-state index in [-0.39, 0.29) is 0 Å². The lowest BCUT2D eigenvalue weighted by atomic mass is 10.0. The van der Waals surface area contributed by atoms with Crippen LogP contribution in [0.25, 0.3) is 66.3 Å². The van der Waals surface area contributed by atoms with Gasteiger partial charge in [-0.05, 0) is 60.9 Å². The first-order valence-corrected chi connectivity index (χ1v) is 16.7. The van der Waals surface area contributed by atoms with Gasteiger partial charge >= 0.3 is 0 Å². The van der Waals surface area contributed by atoms with Crippen molar-refractivity contribution in [3.05, 3.63) is 108 Å². The van der Waals surface area contributed by atoms with Crippen molar-refractivity contribution in [1.29, 1.82) is 5.26 Å². The summed E-state index contributed by atoms with van der Waals surface area (Å²) in [5, 5.41) is 13.8. The standard InChI is InChI=1S/C41H36N4O2/c1-3-5-22-44(23-6-4-2)30-20-21-32-34(24-30)46-39-36(32)35-31-14-10-11-15-33(31)45(26-28-12-8-7-9-13-28)38(35)37-40(39)47-41(43-37)29-18-16-27(25-42)17-19-29/h7-21,24H,3-6,22-23,26H2,1-2H3. The normalized spacial score (nSPS) is 11.8. The van der Waals surface area contributed by atoms with E-state index in [1.807, 2.05) is 12.1 Å². The van der Waals surface area contributed by atoms with E-state index >= 15 is 0 Å². The molecule has 0 N–H and O–H groups in total. The number of hydrogen-bond donors (Lipinski definition) is 0. The van der Waals surface area contributed by atoms with Crippen LogP contribution in [-0.4, -0.2) is 22.6 Å². The number of rotatable bonds is 10. The zero-order chi connectivity index (χ0) is 31.9. The van der Waals surface area contributed by atoms with Gasteiger partial charge in [0.05, 0.1) is 17.1 Å². The molecule has 0 saturated heterocycles. The van der Waals surface area contributed by atoms with Crippen molar-refractivity contribution < 1.29 is 8.83 Å². The van der Waals surface area contributed by atoms with Crippen molar-refractivity contribution in [2.45, 2.75) is 46.1 Å². The Balaban J connectivity index is 1.45. The zero-order valence-corrected chi connectivity index (χ0v) is 26.8. The first kappa shape index (κ1) is 28.9. The van der Waals surface area contributed by atoms with Gasteiger partial charge < -0.3 is 18.3 Å². The molecule has 8 rings (SSSR count). The Kier molecular flexibility index (Phi) is 7.38. The number of nitrogens with zero attached hydrogens (tertiary/aromatic N) is 4. The number of fused-ring (bicyclic) bond motifs is 10. The number of anilines is 1. The number of para-hydroxylation sites is 1. The van der Waals surface area contributed by atoms with E-state index < -0.39 is 0 Å². The van der Waals surface area contributed by atoms with Crippen molar-refractivity contribution in [3.63, 3.8) is 0 Å². The molecule has 0 radical (unpaired) electrons.